The Balaban J connectivity index is 2.75. The van der Waals surface area contributed by atoms with Gasteiger partial charge in [-0.15, -0.1) is 0 Å². The molecule has 0 heterocycles. The highest BCUT2D eigenvalue weighted by molar-refractivity contribution is 5.48. The van der Waals surface area contributed by atoms with Gasteiger partial charge in [-0.25, -0.2) is 0 Å². The number of rotatable bonds is 10. The van der Waals surface area contributed by atoms with E-state index in [1.807, 2.05) is 0 Å². The quantitative estimate of drug-likeness (QED) is 0.714. The van der Waals surface area contributed by atoms with Crippen molar-refractivity contribution in [2.45, 2.75) is 19.3 Å². The summed E-state index contributed by atoms with van der Waals surface area (Å²) in [7, 11) is 3.43. The van der Waals surface area contributed by atoms with Crippen LogP contribution in [-0.4, -0.2) is 52.2 Å². The summed E-state index contributed by atoms with van der Waals surface area (Å²) in [5.74, 6) is 0.232. The Bertz CT molecular complexity index is 341. The lowest BCUT2D eigenvalue weighted by atomic mass is 9.97. The molecule has 0 aliphatic rings. The van der Waals surface area contributed by atoms with E-state index in [0.29, 0.717) is 13.2 Å². The fourth-order valence-corrected chi connectivity index (χ4v) is 2.20. The Kier molecular flexibility index (Phi) is 8.26. The van der Waals surface area contributed by atoms with Crippen LogP contribution in [0.25, 0.3) is 0 Å². The second kappa shape index (κ2) is 9.75. The molecule has 0 unspecified atom stereocenters. The first-order valence-corrected chi connectivity index (χ1v) is 7.20. The third-order valence-corrected chi connectivity index (χ3v) is 3.57. The largest absolute Gasteiger partial charge is 0.396 e. The highest BCUT2D eigenvalue weighted by Gasteiger charge is 2.10. The normalized spacial score (nSPS) is 12.4. The molecule has 4 heteroatoms. The van der Waals surface area contributed by atoms with Crippen molar-refractivity contribution in [1.82, 2.24) is 0 Å². The SMILES string of the molecule is CC[C@H](CO)c1ccc(N(CCOC)CCOC)cc1. The topological polar surface area (TPSA) is 41.9 Å². The maximum absolute atomic E-state index is 9.35. The molecule has 1 rings (SSSR count). The molecule has 0 fully saturated rings. The molecular weight excluding hydrogens is 254 g/mol. The first-order valence-electron chi connectivity index (χ1n) is 7.20. The number of hydrogen-bond donors (Lipinski definition) is 1. The van der Waals surface area contributed by atoms with Crippen molar-refractivity contribution in [3.05, 3.63) is 29.8 Å². The van der Waals surface area contributed by atoms with E-state index in [2.05, 4.69) is 36.1 Å². The van der Waals surface area contributed by atoms with Gasteiger partial charge in [-0.05, 0) is 24.1 Å². The van der Waals surface area contributed by atoms with Crippen LogP contribution in [0.5, 0.6) is 0 Å². The molecule has 114 valence electrons. The average molecular weight is 281 g/mol. The van der Waals surface area contributed by atoms with Crippen LogP contribution in [0.2, 0.25) is 0 Å². The summed E-state index contributed by atoms with van der Waals surface area (Å²) >= 11 is 0. The Labute approximate surface area is 122 Å². The fraction of sp³-hybridized carbons (Fsp3) is 0.625. The van der Waals surface area contributed by atoms with Gasteiger partial charge in [0, 0.05) is 45.5 Å². The van der Waals surface area contributed by atoms with Crippen LogP contribution in [0, 0.1) is 0 Å². The molecule has 0 radical (unpaired) electrons. The van der Waals surface area contributed by atoms with Crippen molar-refractivity contribution in [1.29, 1.82) is 0 Å². The van der Waals surface area contributed by atoms with Crippen molar-refractivity contribution in [3.8, 4) is 0 Å². The molecule has 0 bridgehead atoms. The Hall–Kier alpha value is -1.10. The molecule has 0 saturated carbocycles. The summed E-state index contributed by atoms with van der Waals surface area (Å²) in [6.45, 7) is 5.37. The second-order valence-corrected chi connectivity index (χ2v) is 4.85. The van der Waals surface area contributed by atoms with Gasteiger partial charge in [0.25, 0.3) is 0 Å². The second-order valence-electron chi connectivity index (χ2n) is 4.85. The third kappa shape index (κ3) is 5.12. The van der Waals surface area contributed by atoms with Crippen molar-refractivity contribution in [2.24, 2.45) is 0 Å². The van der Waals surface area contributed by atoms with E-state index in [-0.39, 0.29) is 12.5 Å². The van der Waals surface area contributed by atoms with Gasteiger partial charge in [0.05, 0.1) is 13.2 Å². The van der Waals surface area contributed by atoms with Crippen LogP contribution in [0.3, 0.4) is 0 Å². The van der Waals surface area contributed by atoms with Gasteiger partial charge >= 0.3 is 0 Å². The van der Waals surface area contributed by atoms with Gasteiger partial charge in [0.15, 0.2) is 0 Å². The third-order valence-electron chi connectivity index (χ3n) is 3.57. The molecule has 4 nitrogen and oxygen atoms in total. The lowest BCUT2D eigenvalue weighted by Crippen LogP contribution is -2.30. The minimum Gasteiger partial charge on any atom is -0.396 e. The van der Waals surface area contributed by atoms with Gasteiger partial charge in [-0.1, -0.05) is 19.1 Å². The molecule has 0 aromatic heterocycles. The first kappa shape index (κ1) is 17.0. The molecule has 0 aliphatic carbocycles. The van der Waals surface area contributed by atoms with Gasteiger partial charge in [0.1, 0.15) is 0 Å². The number of aliphatic hydroxyl groups is 1. The summed E-state index contributed by atoms with van der Waals surface area (Å²) in [5.41, 5.74) is 2.35. The van der Waals surface area contributed by atoms with E-state index in [1.165, 1.54) is 5.56 Å². The molecule has 0 saturated heterocycles. The van der Waals surface area contributed by atoms with Crippen molar-refractivity contribution in [3.63, 3.8) is 0 Å². The summed E-state index contributed by atoms with van der Waals surface area (Å²) in [4.78, 5) is 2.25. The van der Waals surface area contributed by atoms with Crippen LogP contribution in [0.4, 0.5) is 5.69 Å². The molecule has 0 spiro atoms. The van der Waals surface area contributed by atoms with E-state index in [1.54, 1.807) is 14.2 Å². The molecule has 0 amide bonds. The lowest BCUT2D eigenvalue weighted by molar-refractivity contribution is 0.190. The van der Waals surface area contributed by atoms with E-state index < -0.39 is 0 Å². The van der Waals surface area contributed by atoms with Crippen molar-refractivity contribution < 1.29 is 14.6 Å². The maximum atomic E-state index is 9.35. The van der Waals surface area contributed by atoms with Crippen LogP contribution in [0.15, 0.2) is 24.3 Å². The van der Waals surface area contributed by atoms with E-state index >= 15 is 0 Å². The summed E-state index contributed by atoms with van der Waals surface area (Å²) < 4.78 is 10.3. The zero-order chi connectivity index (χ0) is 14.8. The number of anilines is 1. The smallest absolute Gasteiger partial charge is 0.0637 e. The standard InChI is InChI=1S/C16H27NO3/c1-4-14(13-18)15-5-7-16(8-6-15)17(9-11-19-2)10-12-20-3/h5-8,14,18H,4,9-13H2,1-3H3/t14-/m1/s1. The number of ether oxygens (including phenoxy) is 2. The predicted octanol–water partition coefficient (Wildman–Crippen LogP) is 2.27. The zero-order valence-corrected chi connectivity index (χ0v) is 12.8. The van der Waals surface area contributed by atoms with Crippen LogP contribution >= 0.6 is 0 Å². The molecule has 1 aromatic carbocycles. The highest BCUT2D eigenvalue weighted by atomic mass is 16.5. The van der Waals surface area contributed by atoms with Gasteiger partial charge < -0.3 is 19.5 Å². The first-order chi connectivity index (χ1) is 9.76. The molecule has 1 aromatic rings. The lowest BCUT2D eigenvalue weighted by Gasteiger charge is -2.25. The van der Waals surface area contributed by atoms with Gasteiger partial charge in [0.2, 0.25) is 0 Å². The Morgan fingerprint density at radius 1 is 1.05 bits per heavy atom. The molecule has 1 N–H and O–H groups in total. The number of benzene rings is 1. The van der Waals surface area contributed by atoms with Crippen LogP contribution in [0.1, 0.15) is 24.8 Å². The van der Waals surface area contributed by atoms with Crippen LogP contribution < -0.4 is 4.90 Å². The number of hydrogen-bond acceptors (Lipinski definition) is 4. The summed E-state index contributed by atoms with van der Waals surface area (Å²) in [6.07, 6.45) is 0.951. The zero-order valence-electron chi connectivity index (χ0n) is 12.8. The Morgan fingerprint density at radius 2 is 1.60 bits per heavy atom. The van der Waals surface area contributed by atoms with Gasteiger partial charge in [-0.2, -0.15) is 0 Å². The minimum atomic E-state index is 0.201. The minimum absolute atomic E-state index is 0.201. The predicted molar refractivity (Wildman–Crippen MR) is 82.5 cm³/mol. The highest BCUT2D eigenvalue weighted by Crippen LogP contribution is 2.22. The van der Waals surface area contributed by atoms with Gasteiger partial charge in [-0.3, -0.25) is 0 Å². The monoisotopic (exact) mass is 281 g/mol. The van der Waals surface area contributed by atoms with Crippen LogP contribution in [-0.2, 0) is 9.47 Å². The van der Waals surface area contributed by atoms with Crippen molar-refractivity contribution >= 4 is 5.69 Å². The number of aliphatic hydroxyl groups excluding tert-OH is 1. The van der Waals surface area contributed by atoms with E-state index in [9.17, 15) is 5.11 Å². The maximum Gasteiger partial charge on any atom is 0.0637 e. The number of methoxy groups -OCH3 is 2. The van der Waals surface area contributed by atoms with E-state index in [0.717, 1.165) is 25.2 Å². The summed E-state index contributed by atoms with van der Waals surface area (Å²) in [5, 5.41) is 9.35. The molecular formula is C16H27NO3. The van der Waals surface area contributed by atoms with E-state index in [4.69, 9.17) is 9.47 Å². The molecule has 1 atom stereocenters. The number of nitrogens with zero attached hydrogens (tertiary/aromatic N) is 1. The van der Waals surface area contributed by atoms with Crippen molar-refractivity contribution in [2.75, 3.05) is 52.0 Å². The fourth-order valence-electron chi connectivity index (χ4n) is 2.20. The summed E-state index contributed by atoms with van der Waals surface area (Å²) in [6, 6.07) is 8.43. The average Bonchev–Trinajstić information content (AvgIpc) is 2.50. The molecule has 20 heavy (non-hydrogen) atoms. The Morgan fingerprint density at radius 3 is 2.00 bits per heavy atom. The molecule has 0 aliphatic heterocycles.